The topological polar surface area (TPSA) is 96.6 Å². The van der Waals surface area contributed by atoms with Crippen LogP contribution in [0.3, 0.4) is 0 Å². The van der Waals surface area contributed by atoms with Crippen molar-refractivity contribution in [2.24, 2.45) is 0 Å². The highest BCUT2D eigenvalue weighted by atomic mass is 16.5. The molecule has 31 heavy (non-hydrogen) atoms. The number of nitrogens with one attached hydrogen (secondary N) is 2. The predicted molar refractivity (Wildman–Crippen MR) is 115 cm³/mol. The second kappa shape index (κ2) is 9.01. The van der Waals surface area contributed by atoms with Gasteiger partial charge in [-0.25, -0.2) is 4.98 Å². The lowest BCUT2D eigenvalue weighted by atomic mass is 9.81. The SMILES string of the molecule is COCCN1C(=O)c2ccccc2C(C(=O)Nc2cccc(OC)c2)C1c1ncc[nH]1. The number of hydrogen-bond acceptors (Lipinski definition) is 5. The molecule has 3 aromatic rings. The molecule has 160 valence electrons. The fourth-order valence-corrected chi connectivity index (χ4v) is 3.97. The van der Waals surface area contributed by atoms with Crippen molar-refractivity contribution in [3.63, 3.8) is 0 Å². The Bertz CT molecular complexity index is 1070. The summed E-state index contributed by atoms with van der Waals surface area (Å²) in [5.41, 5.74) is 1.79. The van der Waals surface area contributed by atoms with E-state index in [1.54, 1.807) is 55.8 Å². The van der Waals surface area contributed by atoms with Crippen LogP contribution in [0.15, 0.2) is 60.9 Å². The van der Waals surface area contributed by atoms with Crippen LogP contribution in [0.2, 0.25) is 0 Å². The van der Waals surface area contributed by atoms with E-state index in [0.717, 1.165) is 0 Å². The van der Waals surface area contributed by atoms with E-state index in [2.05, 4.69) is 15.3 Å². The number of aromatic amines is 1. The molecule has 2 atom stereocenters. The van der Waals surface area contributed by atoms with E-state index < -0.39 is 12.0 Å². The third-order valence-electron chi connectivity index (χ3n) is 5.39. The predicted octanol–water partition coefficient (Wildman–Crippen LogP) is 2.98. The van der Waals surface area contributed by atoms with Gasteiger partial charge in [0.05, 0.1) is 19.6 Å². The summed E-state index contributed by atoms with van der Waals surface area (Å²) in [5.74, 6) is 0.130. The molecule has 0 aliphatic carbocycles. The number of carbonyl (C=O) groups is 2. The molecule has 8 nitrogen and oxygen atoms in total. The van der Waals surface area contributed by atoms with Crippen LogP contribution in [-0.2, 0) is 9.53 Å². The first-order chi connectivity index (χ1) is 15.1. The van der Waals surface area contributed by atoms with E-state index in [-0.39, 0.29) is 11.8 Å². The van der Waals surface area contributed by atoms with Gasteiger partial charge in [0.1, 0.15) is 17.6 Å². The number of methoxy groups -OCH3 is 2. The highest BCUT2D eigenvalue weighted by Gasteiger charge is 2.45. The van der Waals surface area contributed by atoms with E-state index in [4.69, 9.17) is 9.47 Å². The molecule has 2 amide bonds. The van der Waals surface area contributed by atoms with Crippen LogP contribution < -0.4 is 10.1 Å². The Hall–Kier alpha value is -3.65. The molecule has 2 heterocycles. The van der Waals surface area contributed by atoms with Gasteiger partial charge in [-0.1, -0.05) is 24.3 Å². The third-order valence-corrected chi connectivity index (χ3v) is 5.39. The average molecular weight is 420 g/mol. The summed E-state index contributed by atoms with van der Waals surface area (Å²) in [6.45, 7) is 0.674. The number of ether oxygens (including phenoxy) is 2. The lowest BCUT2D eigenvalue weighted by Gasteiger charge is -2.40. The van der Waals surface area contributed by atoms with Crippen molar-refractivity contribution in [2.75, 3.05) is 32.7 Å². The quantitative estimate of drug-likeness (QED) is 0.613. The van der Waals surface area contributed by atoms with Crippen LogP contribution in [0.4, 0.5) is 5.69 Å². The minimum atomic E-state index is -0.664. The van der Waals surface area contributed by atoms with Crippen molar-refractivity contribution >= 4 is 17.5 Å². The second-order valence-electron chi connectivity index (χ2n) is 7.20. The van der Waals surface area contributed by atoms with E-state index in [9.17, 15) is 9.59 Å². The van der Waals surface area contributed by atoms with Crippen LogP contribution in [0.5, 0.6) is 5.75 Å². The number of amides is 2. The molecular weight excluding hydrogens is 396 g/mol. The monoisotopic (exact) mass is 420 g/mol. The summed E-state index contributed by atoms with van der Waals surface area (Å²) in [7, 11) is 3.15. The third kappa shape index (κ3) is 4.02. The summed E-state index contributed by atoms with van der Waals surface area (Å²) < 4.78 is 10.5. The average Bonchev–Trinajstić information content (AvgIpc) is 3.33. The zero-order chi connectivity index (χ0) is 21.8. The van der Waals surface area contributed by atoms with Crippen molar-refractivity contribution in [1.82, 2.24) is 14.9 Å². The normalized spacial score (nSPS) is 17.9. The number of carbonyl (C=O) groups excluding carboxylic acids is 2. The van der Waals surface area contributed by atoms with Crippen molar-refractivity contribution in [3.05, 3.63) is 77.9 Å². The molecule has 1 aliphatic rings. The number of imidazole rings is 1. The van der Waals surface area contributed by atoms with Crippen molar-refractivity contribution in [3.8, 4) is 5.75 Å². The molecule has 0 radical (unpaired) electrons. The molecule has 0 spiro atoms. The van der Waals surface area contributed by atoms with E-state index in [1.165, 1.54) is 0 Å². The maximum absolute atomic E-state index is 13.6. The Morgan fingerprint density at radius 1 is 1.19 bits per heavy atom. The maximum atomic E-state index is 13.6. The Morgan fingerprint density at radius 3 is 2.77 bits per heavy atom. The summed E-state index contributed by atoms with van der Waals surface area (Å²) in [6.07, 6.45) is 3.30. The molecule has 1 aromatic heterocycles. The summed E-state index contributed by atoms with van der Waals surface area (Å²) in [6, 6.07) is 13.8. The standard InChI is InChI=1S/C23H24N4O4/c1-30-13-12-27-20(21-24-10-11-25-21)19(17-8-3-4-9-18(17)23(27)29)22(28)26-15-6-5-7-16(14-15)31-2/h3-11,14,19-20H,12-13H2,1-2H3,(H,24,25)(H,26,28). The number of aromatic nitrogens is 2. The van der Waals surface area contributed by atoms with Crippen molar-refractivity contribution in [1.29, 1.82) is 0 Å². The first-order valence-corrected chi connectivity index (χ1v) is 9.97. The molecular formula is C23H24N4O4. The molecule has 4 rings (SSSR count). The van der Waals surface area contributed by atoms with Crippen LogP contribution in [-0.4, -0.2) is 54.1 Å². The lowest BCUT2D eigenvalue weighted by molar-refractivity contribution is -0.119. The Labute approximate surface area is 180 Å². The van der Waals surface area contributed by atoms with Crippen LogP contribution in [0, 0.1) is 0 Å². The number of hydrogen-bond donors (Lipinski definition) is 2. The largest absolute Gasteiger partial charge is 0.497 e. The maximum Gasteiger partial charge on any atom is 0.254 e. The lowest BCUT2D eigenvalue weighted by Crippen LogP contribution is -2.47. The van der Waals surface area contributed by atoms with Gasteiger partial charge >= 0.3 is 0 Å². The molecule has 0 saturated carbocycles. The number of rotatable bonds is 7. The van der Waals surface area contributed by atoms with Gasteiger partial charge in [-0.2, -0.15) is 0 Å². The zero-order valence-corrected chi connectivity index (χ0v) is 17.4. The van der Waals surface area contributed by atoms with E-state index in [0.29, 0.717) is 41.5 Å². The molecule has 0 saturated heterocycles. The van der Waals surface area contributed by atoms with Gasteiger partial charge in [0, 0.05) is 43.4 Å². The summed E-state index contributed by atoms with van der Waals surface area (Å²) in [4.78, 5) is 36.0. The van der Waals surface area contributed by atoms with Crippen molar-refractivity contribution < 1.29 is 19.1 Å². The van der Waals surface area contributed by atoms with Crippen molar-refractivity contribution in [2.45, 2.75) is 12.0 Å². The summed E-state index contributed by atoms with van der Waals surface area (Å²) >= 11 is 0. The molecule has 8 heteroatoms. The van der Waals surface area contributed by atoms with Crippen LogP contribution >= 0.6 is 0 Å². The Balaban J connectivity index is 1.78. The molecule has 2 aromatic carbocycles. The van der Waals surface area contributed by atoms with Gasteiger partial charge in [0.15, 0.2) is 0 Å². The molecule has 1 aliphatic heterocycles. The highest BCUT2D eigenvalue weighted by molar-refractivity contribution is 6.04. The fraction of sp³-hybridized carbons (Fsp3) is 0.261. The number of fused-ring (bicyclic) bond motifs is 1. The Morgan fingerprint density at radius 2 is 2.03 bits per heavy atom. The van der Waals surface area contributed by atoms with Crippen LogP contribution in [0.1, 0.15) is 33.7 Å². The van der Waals surface area contributed by atoms with Gasteiger partial charge in [-0.3, -0.25) is 9.59 Å². The van der Waals surface area contributed by atoms with E-state index >= 15 is 0 Å². The van der Waals surface area contributed by atoms with Gasteiger partial charge in [-0.05, 0) is 23.8 Å². The van der Waals surface area contributed by atoms with E-state index in [1.807, 2.05) is 24.3 Å². The fourth-order valence-electron chi connectivity index (χ4n) is 3.97. The van der Waals surface area contributed by atoms with Gasteiger partial charge in [0.2, 0.25) is 5.91 Å². The number of H-pyrrole nitrogens is 1. The summed E-state index contributed by atoms with van der Waals surface area (Å²) in [5, 5.41) is 2.98. The molecule has 2 N–H and O–H groups in total. The Kier molecular flexibility index (Phi) is 5.99. The number of nitrogens with zero attached hydrogens (tertiary/aromatic N) is 2. The number of anilines is 1. The minimum absolute atomic E-state index is 0.153. The first kappa shape index (κ1) is 20.6. The second-order valence-corrected chi connectivity index (χ2v) is 7.20. The minimum Gasteiger partial charge on any atom is -0.497 e. The zero-order valence-electron chi connectivity index (χ0n) is 17.4. The van der Waals surface area contributed by atoms with Gasteiger partial charge in [-0.15, -0.1) is 0 Å². The molecule has 2 unspecified atom stereocenters. The molecule has 0 fully saturated rings. The van der Waals surface area contributed by atoms with Gasteiger partial charge < -0.3 is 24.7 Å². The van der Waals surface area contributed by atoms with Crippen LogP contribution in [0.25, 0.3) is 0 Å². The molecule has 0 bridgehead atoms. The smallest absolute Gasteiger partial charge is 0.254 e. The highest BCUT2D eigenvalue weighted by Crippen LogP contribution is 2.42. The number of benzene rings is 2. The van der Waals surface area contributed by atoms with Gasteiger partial charge in [0.25, 0.3) is 5.91 Å². The first-order valence-electron chi connectivity index (χ1n) is 9.97.